The van der Waals surface area contributed by atoms with Gasteiger partial charge >= 0.3 is 12.1 Å². The molecule has 1 amide bonds. The number of nitriles is 1. The third-order valence-corrected chi connectivity index (χ3v) is 8.12. The second-order valence-corrected chi connectivity index (χ2v) is 11.5. The van der Waals surface area contributed by atoms with Gasteiger partial charge in [0.2, 0.25) is 0 Å². The number of benzene rings is 2. The Morgan fingerprint density at radius 1 is 1.00 bits per heavy atom. The van der Waals surface area contributed by atoms with Crippen LogP contribution >= 0.6 is 0 Å². The van der Waals surface area contributed by atoms with Crippen LogP contribution < -0.4 is 4.74 Å². The highest BCUT2D eigenvalue weighted by molar-refractivity contribution is 5.96. The number of aliphatic carboxylic acids is 1. The van der Waals surface area contributed by atoms with Crippen LogP contribution in [0.15, 0.2) is 42.5 Å². The molecule has 0 atom stereocenters. The Balaban J connectivity index is 0.000000470. The van der Waals surface area contributed by atoms with E-state index >= 15 is 0 Å². The number of amides is 1. The minimum Gasteiger partial charge on any atom is -0.487 e. The zero-order valence-corrected chi connectivity index (χ0v) is 22.8. The van der Waals surface area contributed by atoms with Crippen molar-refractivity contribution >= 4 is 11.9 Å². The van der Waals surface area contributed by atoms with Crippen molar-refractivity contribution in [3.63, 3.8) is 0 Å². The summed E-state index contributed by atoms with van der Waals surface area (Å²) in [5.74, 6) is -1.65. The van der Waals surface area contributed by atoms with E-state index in [1.807, 2.05) is 17.0 Å². The number of para-hydroxylation sites is 1. The summed E-state index contributed by atoms with van der Waals surface area (Å²) in [5.41, 5.74) is 3.89. The summed E-state index contributed by atoms with van der Waals surface area (Å²) in [4.78, 5) is 26.4. The monoisotopic (exact) mass is 557 g/mol. The summed E-state index contributed by atoms with van der Waals surface area (Å²) in [6, 6.07) is 15.9. The van der Waals surface area contributed by atoms with Gasteiger partial charge in [-0.1, -0.05) is 30.3 Å². The van der Waals surface area contributed by atoms with E-state index in [1.165, 1.54) is 24.0 Å². The van der Waals surface area contributed by atoms with Crippen LogP contribution in [0.4, 0.5) is 13.2 Å². The third kappa shape index (κ3) is 6.76. The molecule has 7 nitrogen and oxygen atoms in total. The average molecular weight is 558 g/mol. The summed E-state index contributed by atoms with van der Waals surface area (Å²) in [7, 11) is 0. The molecule has 1 spiro atoms. The second-order valence-electron chi connectivity index (χ2n) is 11.5. The van der Waals surface area contributed by atoms with E-state index in [0.717, 1.165) is 57.7 Å². The summed E-state index contributed by atoms with van der Waals surface area (Å²) >= 11 is 0. The van der Waals surface area contributed by atoms with Crippen molar-refractivity contribution in [2.45, 2.75) is 64.3 Å². The topological polar surface area (TPSA) is 93.9 Å². The highest BCUT2D eigenvalue weighted by Gasteiger charge is 2.40. The van der Waals surface area contributed by atoms with Gasteiger partial charge in [-0.2, -0.15) is 18.4 Å². The molecule has 0 aromatic heterocycles. The van der Waals surface area contributed by atoms with Crippen LogP contribution in [-0.2, 0) is 17.8 Å². The van der Waals surface area contributed by atoms with E-state index in [-0.39, 0.29) is 11.5 Å². The Kier molecular flexibility index (Phi) is 8.45. The first-order valence-corrected chi connectivity index (χ1v) is 13.4. The Morgan fingerprint density at radius 3 is 2.20 bits per heavy atom. The number of hydrogen-bond acceptors (Lipinski definition) is 5. The summed E-state index contributed by atoms with van der Waals surface area (Å²) < 4.78 is 38.0. The molecule has 2 saturated heterocycles. The molecule has 3 aliphatic rings. The molecule has 0 radical (unpaired) electrons. The largest absolute Gasteiger partial charge is 0.490 e. The standard InChI is InChI=1S/C28H33N3O2.C2HF3O2/c1-27(2)18-21-7-5-8-23(25(21)33-27)20-30-14-10-28(11-15-30)12-16-31(17-13-28)26(32)24-9-4-3-6-22(24)19-29;3-2(4,5)1(6)7/h3-9H,10-18,20H2,1-2H3;(H,6,7). The molecule has 40 heavy (non-hydrogen) atoms. The number of likely N-dealkylation sites (tertiary alicyclic amines) is 2. The van der Waals surface area contributed by atoms with Crippen LogP contribution in [0.25, 0.3) is 0 Å². The third-order valence-electron chi connectivity index (χ3n) is 8.12. The first kappa shape index (κ1) is 29.4. The molecular weight excluding hydrogens is 523 g/mol. The highest BCUT2D eigenvalue weighted by Crippen LogP contribution is 2.43. The van der Waals surface area contributed by atoms with Crippen LogP contribution in [0, 0.1) is 16.7 Å². The predicted octanol–water partition coefficient (Wildman–Crippen LogP) is 5.42. The first-order valence-electron chi connectivity index (χ1n) is 13.4. The molecule has 10 heteroatoms. The molecule has 5 rings (SSSR count). The Labute approximate surface area is 232 Å². The first-order chi connectivity index (χ1) is 18.8. The number of fused-ring (bicyclic) bond motifs is 1. The van der Waals surface area contributed by atoms with E-state index in [2.05, 4.69) is 43.0 Å². The van der Waals surface area contributed by atoms with E-state index in [4.69, 9.17) is 14.6 Å². The lowest BCUT2D eigenvalue weighted by Crippen LogP contribution is -2.48. The normalized spacial score (nSPS) is 19.6. The number of hydrogen-bond donors (Lipinski definition) is 1. The van der Waals surface area contributed by atoms with Gasteiger partial charge in [0.15, 0.2) is 0 Å². The average Bonchev–Trinajstić information content (AvgIpc) is 3.25. The van der Waals surface area contributed by atoms with Gasteiger partial charge in [-0.15, -0.1) is 0 Å². The van der Waals surface area contributed by atoms with E-state index < -0.39 is 12.1 Å². The second kappa shape index (κ2) is 11.5. The maximum Gasteiger partial charge on any atom is 0.490 e. The van der Waals surface area contributed by atoms with Crippen molar-refractivity contribution < 1.29 is 32.6 Å². The minimum absolute atomic E-state index is 0.000271. The molecule has 3 heterocycles. The number of halogens is 3. The highest BCUT2D eigenvalue weighted by atomic mass is 19.4. The predicted molar refractivity (Wildman–Crippen MR) is 142 cm³/mol. The number of nitrogens with zero attached hydrogens (tertiary/aromatic N) is 3. The number of carbonyl (C=O) groups is 2. The van der Waals surface area contributed by atoms with Gasteiger partial charge in [-0.05, 0) is 75.7 Å². The van der Waals surface area contributed by atoms with Crippen LogP contribution in [-0.4, -0.2) is 64.7 Å². The number of carboxylic acids is 1. The molecule has 2 fully saturated rings. The van der Waals surface area contributed by atoms with Crippen LogP contribution in [0.5, 0.6) is 5.75 Å². The van der Waals surface area contributed by atoms with Gasteiger partial charge in [0.25, 0.3) is 5.91 Å². The zero-order chi connectivity index (χ0) is 29.1. The molecule has 0 bridgehead atoms. The number of carbonyl (C=O) groups excluding carboxylic acids is 1. The number of piperidine rings is 2. The fourth-order valence-electron chi connectivity index (χ4n) is 5.85. The fourth-order valence-corrected chi connectivity index (χ4v) is 5.85. The van der Waals surface area contributed by atoms with Crippen molar-refractivity contribution in [1.29, 1.82) is 5.26 Å². The minimum atomic E-state index is -5.08. The lowest BCUT2D eigenvalue weighted by molar-refractivity contribution is -0.192. The molecule has 2 aromatic rings. The van der Waals surface area contributed by atoms with E-state index in [9.17, 15) is 23.2 Å². The smallest absolute Gasteiger partial charge is 0.487 e. The van der Waals surface area contributed by atoms with Gasteiger partial charge < -0.3 is 14.7 Å². The molecular formula is C30H34F3N3O4. The zero-order valence-electron chi connectivity index (χ0n) is 22.8. The molecule has 2 aromatic carbocycles. The van der Waals surface area contributed by atoms with Gasteiger partial charge in [0, 0.05) is 31.6 Å². The summed E-state index contributed by atoms with van der Waals surface area (Å²) in [6.07, 6.45) is 0.377. The van der Waals surface area contributed by atoms with Gasteiger partial charge in [-0.3, -0.25) is 9.69 Å². The van der Waals surface area contributed by atoms with Crippen molar-refractivity contribution in [3.05, 3.63) is 64.7 Å². The summed E-state index contributed by atoms with van der Waals surface area (Å²) in [6.45, 7) is 9.04. The lowest BCUT2D eigenvalue weighted by atomic mass is 9.71. The molecule has 0 saturated carbocycles. The number of carboxylic acid groups (broad SMARTS) is 1. The van der Waals surface area contributed by atoms with Crippen LogP contribution in [0.3, 0.4) is 0 Å². The SMILES string of the molecule is CC1(C)Cc2cccc(CN3CCC4(CC3)CCN(C(=O)c3ccccc3C#N)CC4)c2O1.O=C(O)C(F)(F)F. The van der Waals surface area contributed by atoms with Gasteiger partial charge in [-0.25, -0.2) is 4.79 Å². The molecule has 214 valence electrons. The van der Waals surface area contributed by atoms with Crippen molar-refractivity contribution in [3.8, 4) is 11.8 Å². The van der Waals surface area contributed by atoms with E-state index in [0.29, 0.717) is 16.5 Å². The van der Waals surface area contributed by atoms with Crippen molar-refractivity contribution in [2.24, 2.45) is 5.41 Å². The van der Waals surface area contributed by atoms with E-state index in [1.54, 1.807) is 12.1 Å². The Bertz CT molecular complexity index is 1280. The maximum atomic E-state index is 13.0. The van der Waals surface area contributed by atoms with Gasteiger partial charge in [0.1, 0.15) is 11.4 Å². The van der Waals surface area contributed by atoms with Crippen LogP contribution in [0.1, 0.15) is 66.6 Å². The number of rotatable bonds is 3. The number of alkyl halides is 3. The Hall–Kier alpha value is -3.58. The fraction of sp³-hybridized carbons (Fsp3) is 0.500. The molecule has 0 unspecified atom stereocenters. The van der Waals surface area contributed by atoms with Crippen molar-refractivity contribution in [1.82, 2.24) is 9.80 Å². The van der Waals surface area contributed by atoms with Crippen LogP contribution in [0.2, 0.25) is 0 Å². The Morgan fingerprint density at radius 2 is 1.60 bits per heavy atom. The quantitative estimate of drug-likeness (QED) is 0.542. The lowest BCUT2D eigenvalue weighted by Gasteiger charge is -2.47. The molecule has 0 aliphatic carbocycles. The van der Waals surface area contributed by atoms with Gasteiger partial charge in [0.05, 0.1) is 17.2 Å². The molecule has 3 aliphatic heterocycles. The molecule has 1 N–H and O–H groups in total. The summed E-state index contributed by atoms with van der Waals surface area (Å²) in [5, 5.41) is 16.5. The number of ether oxygens (including phenoxy) is 1. The maximum absolute atomic E-state index is 13.0. The van der Waals surface area contributed by atoms with Crippen molar-refractivity contribution in [2.75, 3.05) is 26.2 Å².